The Labute approximate surface area is 150 Å². The third-order valence-electron chi connectivity index (χ3n) is 3.41. The first-order chi connectivity index (χ1) is 10.9. The zero-order chi connectivity index (χ0) is 16.7. The number of carboxylic acid groups (broad SMARTS) is 1. The average Bonchev–Trinajstić information content (AvgIpc) is 2.50. The second-order valence-electron chi connectivity index (χ2n) is 4.98. The maximum atomic E-state index is 11.8. The van der Waals surface area contributed by atoms with Crippen LogP contribution in [0, 0.1) is 0 Å². The number of amides is 1. The second-order valence-corrected chi connectivity index (χ2v) is 7.03. The van der Waals surface area contributed by atoms with Crippen LogP contribution >= 0.6 is 23.5 Å². The van der Waals surface area contributed by atoms with Gasteiger partial charge in [-0.3, -0.25) is 9.69 Å². The number of carbonyl (C=O) groups excluding carboxylic acids is 1. The summed E-state index contributed by atoms with van der Waals surface area (Å²) in [7, 11) is 0. The zero-order valence-corrected chi connectivity index (χ0v) is 14.4. The minimum absolute atomic E-state index is 0. The summed E-state index contributed by atoms with van der Waals surface area (Å²) >= 11 is 2.67. The van der Waals surface area contributed by atoms with Crippen molar-refractivity contribution in [1.82, 2.24) is 14.9 Å². The van der Waals surface area contributed by atoms with Gasteiger partial charge < -0.3 is 33.3 Å². The van der Waals surface area contributed by atoms with E-state index >= 15 is 0 Å². The van der Waals surface area contributed by atoms with Gasteiger partial charge in [0.2, 0.25) is 5.91 Å². The molecule has 11 N–H and O–H groups in total. The fourth-order valence-electron chi connectivity index (χ4n) is 2.37. The van der Waals surface area contributed by atoms with Crippen molar-refractivity contribution in [2.75, 3.05) is 23.0 Å². The van der Waals surface area contributed by atoms with Crippen molar-refractivity contribution in [2.45, 2.75) is 16.6 Å². The van der Waals surface area contributed by atoms with Crippen LogP contribution in [0.1, 0.15) is 0 Å². The number of nitrogen functional groups attached to an aromatic ring is 2. The summed E-state index contributed by atoms with van der Waals surface area (Å²) in [6.07, 6.45) is 0. The van der Waals surface area contributed by atoms with Crippen LogP contribution in [-0.2, 0) is 9.59 Å². The Hall–Kier alpha value is -2.06. The Bertz CT molecular complexity index is 710. The summed E-state index contributed by atoms with van der Waals surface area (Å²) < 4.78 is 0. The molecule has 0 radical (unpaired) electrons. The SMILES string of the molecule is Nc1cc(N)nc(SCC2=C(C(=O)O)N3C(=O)C(N)[C@H]3SC2)n1.O.O. The van der Waals surface area contributed by atoms with Gasteiger partial charge in [-0.25, -0.2) is 14.8 Å². The number of β-lactam (4-membered cyclic amide) rings is 1. The highest BCUT2D eigenvalue weighted by atomic mass is 32.2. The van der Waals surface area contributed by atoms with E-state index in [1.807, 2.05) is 0 Å². The van der Waals surface area contributed by atoms with E-state index in [0.717, 1.165) is 0 Å². The summed E-state index contributed by atoms with van der Waals surface area (Å²) in [5.74, 6) is -0.216. The topological polar surface area (TPSA) is 224 Å². The summed E-state index contributed by atoms with van der Waals surface area (Å²) in [5.41, 5.74) is 17.5. The quantitative estimate of drug-likeness (QED) is 0.243. The minimum atomic E-state index is -1.14. The van der Waals surface area contributed by atoms with E-state index in [2.05, 4.69) is 9.97 Å². The zero-order valence-electron chi connectivity index (χ0n) is 12.8. The highest BCUT2D eigenvalue weighted by molar-refractivity contribution is 8.01. The monoisotopic (exact) mass is 390 g/mol. The van der Waals surface area contributed by atoms with Crippen molar-refractivity contribution in [3.8, 4) is 0 Å². The summed E-state index contributed by atoms with van der Waals surface area (Å²) in [6, 6.07) is 0.799. The lowest BCUT2D eigenvalue weighted by molar-refractivity contribution is -0.147. The molecule has 13 heteroatoms. The van der Waals surface area contributed by atoms with Gasteiger partial charge in [-0.05, 0) is 5.57 Å². The highest BCUT2D eigenvalue weighted by Crippen LogP contribution is 2.40. The molecule has 11 nitrogen and oxygen atoms in total. The predicted octanol–water partition coefficient (Wildman–Crippen LogP) is -2.34. The number of carboxylic acids is 1. The van der Waals surface area contributed by atoms with E-state index in [1.165, 1.54) is 34.5 Å². The number of hydrogen-bond donors (Lipinski definition) is 4. The predicted molar refractivity (Wildman–Crippen MR) is 94.5 cm³/mol. The molecule has 0 aromatic carbocycles. The van der Waals surface area contributed by atoms with Crippen molar-refractivity contribution >= 4 is 47.0 Å². The third-order valence-corrected chi connectivity index (χ3v) is 5.71. The Morgan fingerprint density at radius 1 is 1.36 bits per heavy atom. The number of anilines is 2. The van der Waals surface area contributed by atoms with Crippen LogP contribution in [0.2, 0.25) is 0 Å². The first-order valence-corrected chi connectivity index (χ1v) is 8.60. The molecule has 1 fully saturated rings. The molecule has 1 unspecified atom stereocenters. The number of nitrogens with two attached hydrogens (primary N) is 3. The molecule has 2 atom stereocenters. The molecule has 1 aromatic heterocycles. The molecular formula is C12H18N6O5S2. The lowest BCUT2D eigenvalue weighted by Crippen LogP contribution is -2.68. The van der Waals surface area contributed by atoms with E-state index < -0.39 is 12.0 Å². The largest absolute Gasteiger partial charge is 0.477 e. The van der Waals surface area contributed by atoms with E-state index in [0.29, 0.717) is 22.2 Å². The normalized spacial score (nSPS) is 21.6. The van der Waals surface area contributed by atoms with Gasteiger partial charge in [-0.15, -0.1) is 11.8 Å². The van der Waals surface area contributed by atoms with Crippen LogP contribution < -0.4 is 17.2 Å². The molecule has 3 heterocycles. The van der Waals surface area contributed by atoms with Gasteiger partial charge in [0.25, 0.3) is 0 Å². The van der Waals surface area contributed by atoms with E-state index in [9.17, 15) is 14.7 Å². The number of hydrogen-bond acceptors (Lipinski definition) is 9. The standard InChI is InChI=1S/C12H14N6O3S2.2H2O/c13-5-1-6(14)17-12(16-5)23-3-4-2-22-10-7(15)9(19)18(10)8(4)11(20)21;;/h1,7,10H,2-3,15H2,(H,20,21)(H4,13,14,16,17);2*1H2/t7?,10-;;/m1../s1. The summed E-state index contributed by atoms with van der Waals surface area (Å²) in [5, 5.41) is 9.49. The molecule has 0 aliphatic carbocycles. The number of carbonyl (C=O) groups is 2. The number of rotatable bonds is 4. The molecule has 0 spiro atoms. The highest BCUT2D eigenvalue weighted by Gasteiger charge is 2.51. The van der Waals surface area contributed by atoms with Crippen molar-refractivity contribution in [1.29, 1.82) is 0 Å². The van der Waals surface area contributed by atoms with Gasteiger partial charge in [0.05, 0.1) is 0 Å². The van der Waals surface area contributed by atoms with Crippen molar-refractivity contribution < 1.29 is 25.6 Å². The number of thioether (sulfide) groups is 2. The Morgan fingerprint density at radius 3 is 2.52 bits per heavy atom. The molecule has 0 bridgehead atoms. The molecule has 2 aliphatic rings. The summed E-state index contributed by atoms with van der Waals surface area (Å²) in [4.78, 5) is 32.7. The molecular weight excluding hydrogens is 372 g/mol. The second kappa shape index (κ2) is 7.88. The molecule has 1 saturated heterocycles. The average molecular weight is 390 g/mol. The van der Waals surface area contributed by atoms with Crippen LogP contribution in [0.5, 0.6) is 0 Å². The van der Waals surface area contributed by atoms with E-state index in [-0.39, 0.29) is 39.6 Å². The molecule has 1 amide bonds. The van der Waals surface area contributed by atoms with Gasteiger partial charge in [0.1, 0.15) is 28.7 Å². The number of fused-ring (bicyclic) bond motifs is 1. The molecule has 1 aromatic rings. The van der Waals surface area contributed by atoms with Gasteiger partial charge in [-0.1, -0.05) is 11.8 Å². The molecule has 2 aliphatic heterocycles. The maximum Gasteiger partial charge on any atom is 0.352 e. The van der Waals surface area contributed by atoms with Crippen LogP contribution in [0.4, 0.5) is 11.6 Å². The van der Waals surface area contributed by atoms with Gasteiger partial charge in [0.15, 0.2) is 5.16 Å². The fourth-order valence-corrected chi connectivity index (χ4v) is 4.67. The van der Waals surface area contributed by atoms with Crippen LogP contribution in [-0.4, -0.2) is 65.7 Å². The lowest BCUT2D eigenvalue weighted by atomic mass is 10.0. The van der Waals surface area contributed by atoms with E-state index in [1.54, 1.807) is 0 Å². The number of aliphatic carboxylic acids is 1. The maximum absolute atomic E-state index is 11.8. The third kappa shape index (κ3) is 3.80. The Kier molecular flexibility index (Phi) is 6.61. The van der Waals surface area contributed by atoms with Crippen molar-refractivity contribution in [3.63, 3.8) is 0 Å². The minimum Gasteiger partial charge on any atom is -0.477 e. The van der Waals surface area contributed by atoms with Crippen LogP contribution in [0.15, 0.2) is 22.5 Å². The first kappa shape index (κ1) is 21.0. The van der Waals surface area contributed by atoms with Gasteiger partial charge >= 0.3 is 5.97 Å². The molecule has 3 rings (SSSR count). The molecule has 0 saturated carbocycles. The fraction of sp³-hybridized carbons (Fsp3) is 0.333. The number of nitrogens with zero attached hydrogens (tertiary/aromatic N) is 3. The van der Waals surface area contributed by atoms with Crippen LogP contribution in [0.25, 0.3) is 0 Å². The number of aromatic nitrogens is 2. The Balaban J connectivity index is 0.00000156. The van der Waals surface area contributed by atoms with Crippen molar-refractivity contribution in [2.24, 2.45) is 5.73 Å². The molecule has 25 heavy (non-hydrogen) atoms. The molecule has 138 valence electrons. The van der Waals surface area contributed by atoms with Gasteiger partial charge in [0, 0.05) is 17.6 Å². The van der Waals surface area contributed by atoms with E-state index in [4.69, 9.17) is 17.2 Å². The smallest absolute Gasteiger partial charge is 0.352 e. The summed E-state index contributed by atoms with van der Waals surface area (Å²) in [6.45, 7) is 0. The van der Waals surface area contributed by atoms with Crippen molar-refractivity contribution in [3.05, 3.63) is 17.3 Å². The van der Waals surface area contributed by atoms with Gasteiger partial charge in [-0.2, -0.15) is 0 Å². The first-order valence-electron chi connectivity index (χ1n) is 6.57. The lowest BCUT2D eigenvalue weighted by Gasteiger charge is -2.48. The van der Waals surface area contributed by atoms with Crippen LogP contribution in [0.3, 0.4) is 0 Å². The Morgan fingerprint density at radius 2 is 1.96 bits per heavy atom.